The van der Waals surface area contributed by atoms with Gasteiger partial charge in [-0.2, -0.15) is 13.2 Å². The zero-order valence-electron chi connectivity index (χ0n) is 16.6. The Hall–Kier alpha value is -1.51. The number of carbonyl (C=O) groups excluding carboxylic acids is 1. The first-order valence-corrected chi connectivity index (χ1v) is 10.1. The van der Waals surface area contributed by atoms with Crippen LogP contribution in [0.5, 0.6) is 5.75 Å². The molecule has 0 heterocycles. The zero-order valence-corrected chi connectivity index (χ0v) is 17.4. The molecule has 1 rings (SSSR count). The lowest BCUT2D eigenvalue weighted by molar-refractivity contribution is -0.165. The van der Waals surface area contributed by atoms with Crippen LogP contribution in [0, 0.1) is 0 Å². The van der Waals surface area contributed by atoms with Gasteiger partial charge in [0.05, 0.1) is 26.9 Å². The van der Waals surface area contributed by atoms with Crippen molar-refractivity contribution in [2.45, 2.75) is 37.8 Å². The van der Waals surface area contributed by atoms with Gasteiger partial charge in [-0.25, -0.2) is 0 Å². The minimum Gasteiger partial charge on any atom is -0.496 e. The number of hydrogen-bond donors (Lipinski definition) is 1. The van der Waals surface area contributed by atoms with E-state index < -0.39 is 18.0 Å². The first kappa shape index (κ1) is 25.5. The molecule has 1 aromatic rings. The number of unbranched alkanes of at least 4 members (excludes halogenated alkanes) is 3. The Labute approximate surface area is 174 Å². The Kier molecular flexibility index (Phi) is 12.7. The summed E-state index contributed by atoms with van der Waals surface area (Å²) in [6.45, 7) is 1.41. The lowest BCUT2D eigenvalue weighted by atomic mass is 9.96. The molecule has 1 N–H and O–H groups in total. The highest BCUT2D eigenvalue weighted by Gasteiger charge is 2.47. The van der Waals surface area contributed by atoms with Crippen LogP contribution >= 0.6 is 11.6 Å². The van der Waals surface area contributed by atoms with Crippen LogP contribution in [-0.4, -0.2) is 58.0 Å². The average molecular weight is 440 g/mol. The van der Waals surface area contributed by atoms with Crippen molar-refractivity contribution in [3.63, 3.8) is 0 Å². The fourth-order valence-electron chi connectivity index (χ4n) is 2.69. The molecule has 1 unspecified atom stereocenters. The molecule has 29 heavy (non-hydrogen) atoms. The molecule has 0 saturated heterocycles. The summed E-state index contributed by atoms with van der Waals surface area (Å²) >= 11 is 5.59. The predicted molar refractivity (Wildman–Crippen MR) is 106 cm³/mol. The third-order valence-corrected chi connectivity index (χ3v) is 4.40. The van der Waals surface area contributed by atoms with Crippen molar-refractivity contribution in [2.24, 2.45) is 0 Å². The van der Waals surface area contributed by atoms with Crippen molar-refractivity contribution in [1.29, 1.82) is 0 Å². The molecule has 0 aliphatic rings. The molecule has 0 aliphatic carbocycles. The van der Waals surface area contributed by atoms with E-state index in [-0.39, 0.29) is 24.5 Å². The van der Waals surface area contributed by atoms with Crippen LogP contribution in [0.25, 0.3) is 0 Å². The second kappa shape index (κ2) is 14.5. The summed E-state index contributed by atoms with van der Waals surface area (Å²) in [5, 5.41) is 2.28. The van der Waals surface area contributed by atoms with E-state index in [0.717, 1.165) is 25.7 Å². The van der Waals surface area contributed by atoms with Gasteiger partial charge in [-0.15, -0.1) is 11.6 Å². The van der Waals surface area contributed by atoms with Crippen LogP contribution in [0.15, 0.2) is 24.3 Å². The Bertz CT molecular complexity index is 587. The molecule has 0 aromatic heterocycles. The number of methoxy groups -OCH3 is 1. The Morgan fingerprint density at radius 2 is 1.69 bits per heavy atom. The monoisotopic (exact) mass is 439 g/mol. The number of carbonyl (C=O) groups is 1. The summed E-state index contributed by atoms with van der Waals surface area (Å²) in [6.07, 6.45) is -0.641. The van der Waals surface area contributed by atoms with Crippen molar-refractivity contribution in [1.82, 2.24) is 5.32 Å². The number of hydrogen-bond acceptors (Lipinski definition) is 4. The molecule has 166 valence electrons. The number of para-hydroxylation sites is 1. The summed E-state index contributed by atoms with van der Waals surface area (Å²) in [6, 6.07) is 5.61. The molecule has 1 aromatic carbocycles. The highest BCUT2D eigenvalue weighted by atomic mass is 35.5. The minimum atomic E-state index is -4.74. The van der Waals surface area contributed by atoms with Crippen molar-refractivity contribution in [3.05, 3.63) is 29.8 Å². The Balaban J connectivity index is 2.29. The maximum absolute atomic E-state index is 13.4. The van der Waals surface area contributed by atoms with Crippen molar-refractivity contribution in [3.8, 4) is 5.75 Å². The van der Waals surface area contributed by atoms with Crippen molar-refractivity contribution < 1.29 is 32.2 Å². The van der Waals surface area contributed by atoms with E-state index in [2.05, 4.69) is 5.32 Å². The van der Waals surface area contributed by atoms with Crippen LogP contribution in [-0.2, 0) is 14.3 Å². The van der Waals surface area contributed by atoms with Gasteiger partial charge >= 0.3 is 6.18 Å². The largest absolute Gasteiger partial charge is 0.496 e. The van der Waals surface area contributed by atoms with Gasteiger partial charge in [-0.1, -0.05) is 31.0 Å². The molecule has 0 aliphatic heterocycles. The highest BCUT2D eigenvalue weighted by molar-refractivity contribution is 6.17. The summed E-state index contributed by atoms with van der Waals surface area (Å²) in [5.74, 6) is -2.76. The van der Waals surface area contributed by atoms with Gasteiger partial charge in [-0.3, -0.25) is 4.79 Å². The normalized spacial score (nSPS) is 12.6. The number of benzene rings is 1. The number of alkyl halides is 4. The Morgan fingerprint density at radius 3 is 2.34 bits per heavy atom. The van der Waals surface area contributed by atoms with Gasteiger partial charge in [0.15, 0.2) is 5.92 Å². The molecule has 5 nitrogen and oxygen atoms in total. The Morgan fingerprint density at radius 1 is 1.03 bits per heavy atom. The van der Waals surface area contributed by atoms with E-state index in [1.54, 1.807) is 6.07 Å². The van der Waals surface area contributed by atoms with Gasteiger partial charge in [0.25, 0.3) is 0 Å². The second-order valence-electron chi connectivity index (χ2n) is 6.34. The topological polar surface area (TPSA) is 56.8 Å². The van der Waals surface area contributed by atoms with Crippen LogP contribution in [0.4, 0.5) is 13.2 Å². The van der Waals surface area contributed by atoms with E-state index in [9.17, 15) is 18.0 Å². The smallest absolute Gasteiger partial charge is 0.404 e. The molecular formula is C20H29ClF3NO4. The van der Waals surface area contributed by atoms with Crippen LogP contribution in [0.2, 0.25) is 0 Å². The lowest BCUT2D eigenvalue weighted by Gasteiger charge is -2.22. The van der Waals surface area contributed by atoms with E-state index in [0.29, 0.717) is 25.7 Å². The highest BCUT2D eigenvalue weighted by Crippen LogP contribution is 2.39. The molecule has 1 atom stereocenters. The quantitative estimate of drug-likeness (QED) is 0.327. The van der Waals surface area contributed by atoms with Gasteiger partial charge < -0.3 is 19.5 Å². The summed E-state index contributed by atoms with van der Waals surface area (Å²) in [5.41, 5.74) is -0.222. The summed E-state index contributed by atoms with van der Waals surface area (Å²) in [7, 11) is 1.26. The average Bonchev–Trinajstić information content (AvgIpc) is 2.68. The minimum absolute atomic E-state index is 0.0148. The number of nitrogens with one attached hydrogen (secondary N) is 1. The first-order valence-electron chi connectivity index (χ1n) is 9.60. The molecule has 0 fully saturated rings. The third-order valence-electron chi connectivity index (χ3n) is 4.13. The van der Waals surface area contributed by atoms with Gasteiger partial charge in [-0.05, 0) is 18.9 Å². The van der Waals surface area contributed by atoms with E-state index in [1.165, 1.54) is 25.3 Å². The fourth-order valence-corrected chi connectivity index (χ4v) is 2.88. The van der Waals surface area contributed by atoms with Gasteiger partial charge in [0.2, 0.25) is 5.91 Å². The molecule has 0 radical (unpaired) electrons. The van der Waals surface area contributed by atoms with Gasteiger partial charge in [0, 0.05) is 24.6 Å². The number of ether oxygens (including phenoxy) is 3. The number of rotatable bonds is 15. The standard InChI is InChI=1S/C20H29ClF3NO4/c1-27-17-9-5-4-8-16(17)18(20(22,23)24)19(26)25-11-13-29-15-14-28-12-7-3-2-6-10-21/h4-5,8-9,18H,2-3,6-7,10-15H2,1H3,(H,25,26). The number of amides is 1. The number of halogens is 4. The second-order valence-corrected chi connectivity index (χ2v) is 6.71. The van der Waals surface area contributed by atoms with Crippen LogP contribution in [0.1, 0.15) is 37.2 Å². The fraction of sp³-hybridized carbons (Fsp3) is 0.650. The van der Waals surface area contributed by atoms with Crippen LogP contribution < -0.4 is 10.1 Å². The van der Waals surface area contributed by atoms with E-state index in [4.69, 9.17) is 25.8 Å². The molecule has 0 saturated carbocycles. The maximum atomic E-state index is 13.4. The van der Waals surface area contributed by atoms with E-state index in [1.807, 2.05) is 0 Å². The molecular weight excluding hydrogens is 411 g/mol. The molecule has 1 amide bonds. The third kappa shape index (κ3) is 10.2. The zero-order chi connectivity index (χ0) is 21.5. The maximum Gasteiger partial charge on any atom is 0.404 e. The molecule has 0 spiro atoms. The molecule has 9 heteroatoms. The van der Waals surface area contributed by atoms with Crippen molar-refractivity contribution in [2.75, 3.05) is 46.0 Å². The van der Waals surface area contributed by atoms with Crippen molar-refractivity contribution >= 4 is 17.5 Å². The molecule has 0 bridgehead atoms. The van der Waals surface area contributed by atoms with Crippen LogP contribution in [0.3, 0.4) is 0 Å². The lowest BCUT2D eigenvalue weighted by Crippen LogP contribution is -2.39. The summed E-state index contributed by atoms with van der Waals surface area (Å²) in [4.78, 5) is 12.2. The predicted octanol–water partition coefficient (Wildman–Crippen LogP) is 4.29. The van der Waals surface area contributed by atoms with Gasteiger partial charge in [0.1, 0.15) is 5.75 Å². The van der Waals surface area contributed by atoms with E-state index >= 15 is 0 Å². The summed E-state index contributed by atoms with van der Waals surface area (Å²) < 4.78 is 56.0. The first-order chi connectivity index (χ1) is 13.9. The SMILES string of the molecule is COc1ccccc1C(C(=O)NCCOCCOCCCCCCCl)C(F)(F)F.